The number of fused-ring (bicyclic) bond motifs is 2. The standard InChI is InChI=1S/C13H7BBr2F2N2S/c15-11-7-8(13(16)21-11)12-9-3-1-5-19(9)14(17,18)20-6-2-4-10(12)20/h1-7H. The summed E-state index contributed by atoms with van der Waals surface area (Å²) in [7, 11) is 0. The number of aromatic nitrogens is 1. The molecule has 0 spiro atoms. The first-order valence-electron chi connectivity index (χ1n) is 6.19. The molecule has 106 valence electrons. The summed E-state index contributed by atoms with van der Waals surface area (Å²) in [6, 6.07) is 5.35. The van der Waals surface area contributed by atoms with Gasteiger partial charge in [0.1, 0.15) is 6.21 Å². The van der Waals surface area contributed by atoms with Crippen molar-refractivity contribution < 1.29 is 13.1 Å². The van der Waals surface area contributed by atoms with Crippen molar-refractivity contribution in [3.05, 3.63) is 61.1 Å². The summed E-state index contributed by atoms with van der Waals surface area (Å²) in [5.74, 6) is 0. The van der Waals surface area contributed by atoms with Crippen molar-refractivity contribution >= 4 is 62.0 Å². The van der Waals surface area contributed by atoms with Crippen molar-refractivity contribution in [2.24, 2.45) is 0 Å². The van der Waals surface area contributed by atoms with Gasteiger partial charge in [0, 0.05) is 23.4 Å². The zero-order valence-corrected chi connectivity index (χ0v) is 14.4. The van der Waals surface area contributed by atoms with Gasteiger partial charge >= 0.3 is 6.97 Å². The second kappa shape index (κ2) is 4.50. The highest BCUT2D eigenvalue weighted by Crippen LogP contribution is 2.44. The minimum Gasteiger partial charge on any atom is -0.396 e. The van der Waals surface area contributed by atoms with Crippen LogP contribution in [0.3, 0.4) is 0 Å². The van der Waals surface area contributed by atoms with E-state index in [0.29, 0.717) is 11.4 Å². The summed E-state index contributed by atoms with van der Waals surface area (Å²) in [4.78, 5) is 0. The lowest BCUT2D eigenvalue weighted by Crippen LogP contribution is -2.49. The van der Waals surface area contributed by atoms with Crippen LogP contribution in [0.2, 0.25) is 0 Å². The van der Waals surface area contributed by atoms with E-state index in [1.54, 1.807) is 24.3 Å². The Bertz CT molecular complexity index is 863. The van der Waals surface area contributed by atoms with Crippen LogP contribution in [0.25, 0.3) is 5.57 Å². The normalized spacial score (nSPS) is 18.8. The molecular formula is C13H7BBr2F2N2S. The van der Waals surface area contributed by atoms with E-state index >= 15 is 0 Å². The Balaban J connectivity index is 2.09. The van der Waals surface area contributed by atoms with Gasteiger partial charge < -0.3 is 17.6 Å². The summed E-state index contributed by atoms with van der Waals surface area (Å²) in [6.45, 7) is -3.83. The fourth-order valence-corrected chi connectivity index (χ4v) is 5.63. The van der Waals surface area contributed by atoms with E-state index in [-0.39, 0.29) is 0 Å². The van der Waals surface area contributed by atoms with E-state index in [9.17, 15) is 8.63 Å². The number of halogens is 4. The summed E-state index contributed by atoms with van der Waals surface area (Å²) in [5.41, 5.74) is 2.80. The Morgan fingerprint density at radius 1 is 1.29 bits per heavy atom. The highest BCUT2D eigenvalue weighted by molar-refractivity contribution is 9.12. The van der Waals surface area contributed by atoms with Gasteiger partial charge in [-0.15, -0.1) is 11.3 Å². The maximum atomic E-state index is 14.6. The molecule has 8 heteroatoms. The van der Waals surface area contributed by atoms with Gasteiger partial charge in [0.25, 0.3) is 0 Å². The topological polar surface area (TPSA) is 7.94 Å². The van der Waals surface area contributed by atoms with Gasteiger partial charge in [0.2, 0.25) is 0 Å². The molecule has 2 aliphatic rings. The van der Waals surface area contributed by atoms with E-state index in [4.69, 9.17) is 0 Å². The molecule has 0 amide bonds. The Morgan fingerprint density at radius 3 is 2.81 bits per heavy atom. The molecule has 0 atom stereocenters. The lowest BCUT2D eigenvalue weighted by molar-refractivity contribution is -0.356. The molecule has 4 heterocycles. The second-order valence-corrected chi connectivity index (χ2v) is 8.55. The zero-order valence-electron chi connectivity index (χ0n) is 10.4. The predicted molar refractivity (Wildman–Crippen MR) is 89.0 cm³/mol. The monoisotopic (exact) mass is 430 g/mol. The van der Waals surface area contributed by atoms with Crippen molar-refractivity contribution in [3.8, 4) is 0 Å². The third-order valence-corrected chi connectivity index (χ3v) is 6.00. The van der Waals surface area contributed by atoms with Gasteiger partial charge in [-0.05, 0) is 56.3 Å². The SMILES string of the molecule is F[B-]1(F)n2cccc2C(c2cc(Br)sc2Br)=C2C=CC=[N+]21. The number of allylic oxidation sites excluding steroid dienone is 2. The highest BCUT2D eigenvalue weighted by atomic mass is 79.9. The van der Waals surface area contributed by atoms with Gasteiger partial charge in [-0.2, -0.15) is 0 Å². The molecule has 0 aromatic carbocycles. The predicted octanol–water partition coefficient (Wildman–Crippen LogP) is 4.72. The molecule has 2 aromatic heterocycles. The van der Waals surface area contributed by atoms with Gasteiger partial charge in [-0.3, -0.25) is 0 Å². The van der Waals surface area contributed by atoms with Gasteiger partial charge in [-0.25, -0.2) is 0 Å². The average molecular weight is 432 g/mol. The Hall–Kier alpha value is -0.985. The molecule has 0 saturated heterocycles. The molecule has 2 aromatic rings. The van der Waals surface area contributed by atoms with Crippen LogP contribution in [0.5, 0.6) is 0 Å². The molecule has 0 N–H and O–H groups in total. The maximum Gasteiger partial charge on any atom is 0.737 e. The molecule has 2 nitrogen and oxygen atoms in total. The Morgan fingerprint density at radius 2 is 2.10 bits per heavy atom. The third kappa shape index (κ3) is 1.82. The number of thiophene rings is 1. The molecule has 0 fully saturated rings. The lowest BCUT2D eigenvalue weighted by Gasteiger charge is -2.30. The minimum atomic E-state index is -3.83. The molecule has 2 aliphatic heterocycles. The van der Waals surface area contributed by atoms with Gasteiger partial charge in [0.05, 0.1) is 13.1 Å². The largest absolute Gasteiger partial charge is 0.737 e. The molecule has 4 rings (SSSR count). The summed E-state index contributed by atoms with van der Waals surface area (Å²) >= 11 is 8.51. The molecule has 21 heavy (non-hydrogen) atoms. The van der Waals surface area contributed by atoms with E-state index in [2.05, 4.69) is 31.9 Å². The number of hydrogen-bond donors (Lipinski definition) is 0. The number of rotatable bonds is 1. The van der Waals surface area contributed by atoms with Gasteiger partial charge in [0.15, 0.2) is 5.70 Å². The van der Waals surface area contributed by atoms with Crippen LogP contribution >= 0.6 is 43.2 Å². The van der Waals surface area contributed by atoms with Crippen molar-refractivity contribution in [2.45, 2.75) is 0 Å². The second-order valence-electron chi connectivity index (χ2n) is 4.80. The van der Waals surface area contributed by atoms with Crippen molar-refractivity contribution in [1.29, 1.82) is 0 Å². The van der Waals surface area contributed by atoms with Crippen molar-refractivity contribution in [2.75, 3.05) is 0 Å². The molecule has 0 aliphatic carbocycles. The van der Waals surface area contributed by atoms with Crippen LogP contribution in [0, 0.1) is 0 Å². The van der Waals surface area contributed by atoms with Crippen molar-refractivity contribution in [1.82, 2.24) is 4.48 Å². The van der Waals surface area contributed by atoms with E-state index in [0.717, 1.165) is 27.7 Å². The fraction of sp³-hybridized carbons (Fsp3) is 0. The molecule has 0 radical (unpaired) electrons. The van der Waals surface area contributed by atoms with Crippen LogP contribution in [-0.2, 0) is 0 Å². The molecule has 0 saturated carbocycles. The first kappa shape index (κ1) is 13.7. The first-order valence-corrected chi connectivity index (χ1v) is 8.59. The number of nitrogens with zero attached hydrogens (tertiary/aromatic N) is 2. The lowest BCUT2D eigenvalue weighted by atomic mass is 9.87. The van der Waals surface area contributed by atoms with E-state index < -0.39 is 6.97 Å². The third-order valence-electron chi connectivity index (χ3n) is 3.67. The van der Waals surface area contributed by atoms with E-state index in [1.165, 1.54) is 23.7 Å². The molecule has 0 bridgehead atoms. The van der Waals surface area contributed by atoms with Crippen LogP contribution in [0.1, 0.15) is 11.3 Å². The molecular weight excluding hydrogens is 425 g/mol. The Labute approximate surface area is 140 Å². The molecule has 0 unspecified atom stereocenters. The minimum absolute atomic E-state index is 0.539. The summed E-state index contributed by atoms with van der Waals surface area (Å²) in [6.07, 6.45) is 6.27. The average Bonchev–Trinajstić information content (AvgIpc) is 3.11. The zero-order chi connectivity index (χ0) is 14.8. The van der Waals surface area contributed by atoms with Crippen molar-refractivity contribution in [3.63, 3.8) is 0 Å². The van der Waals surface area contributed by atoms with E-state index in [1.807, 2.05) is 6.07 Å². The van der Waals surface area contributed by atoms with Gasteiger partial charge in [-0.1, -0.05) is 0 Å². The highest BCUT2D eigenvalue weighted by Gasteiger charge is 2.51. The Kier molecular flexibility index (Phi) is 2.93. The van der Waals surface area contributed by atoms with Crippen LogP contribution in [0.4, 0.5) is 8.63 Å². The quantitative estimate of drug-likeness (QED) is 0.577. The van der Waals surface area contributed by atoms with Crippen LogP contribution in [0.15, 0.2) is 49.8 Å². The first-order chi connectivity index (χ1) is 10.00. The smallest absolute Gasteiger partial charge is 0.396 e. The van der Waals surface area contributed by atoms with Crippen LogP contribution < -0.4 is 0 Å². The number of hydrogen-bond acceptors (Lipinski definition) is 1. The maximum absolute atomic E-state index is 14.6. The summed E-state index contributed by atoms with van der Waals surface area (Å²) < 4.78 is 33.2. The summed E-state index contributed by atoms with van der Waals surface area (Å²) in [5, 5.41) is 0. The fourth-order valence-electron chi connectivity index (χ4n) is 2.81. The van der Waals surface area contributed by atoms with Crippen LogP contribution in [-0.4, -0.2) is 22.1 Å².